The van der Waals surface area contributed by atoms with Crippen LogP contribution in [0.5, 0.6) is 5.75 Å². The summed E-state index contributed by atoms with van der Waals surface area (Å²) >= 11 is 0. The van der Waals surface area contributed by atoms with Gasteiger partial charge in [0.05, 0.1) is 0 Å². The Morgan fingerprint density at radius 2 is 1.76 bits per heavy atom. The third-order valence-electron chi connectivity index (χ3n) is 3.13. The van der Waals surface area contributed by atoms with Crippen LogP contribution in [-0.2, 0) is 11.2 Å². The number of phenolic OH excluding ortho intramolecular Hbond substituents is 1. The molecule has 2 aromatic rings. The molecule has 4 N–H and O–H groups in total. The number of hydrogen-bond donors (Lipinski definition) is 3. The van der Waals surface area contributed by atoms with E-state index >= 15 is 0 Å². The SMILES string of the molecule is NC(Cc1ccc(O)cc1C(=O)c1ccccc1)C(=O)O. The van der Waals surface area contributed by atoms with E-state index in [0.29, 0.717) is 11.1 Å². The molecule has 0 aliphatic carbocycles. The first-order chi connectivity index (χ1) is 9.99. The molecular formula is C16H15NO4. The summed E-state index contributed by atoms with van der Waals surface area (Å²) in [4.78, 5) is 23.3. The molecule has 21 heavy (non-hydrogen) atoms. The lowest BCUT2D eigenvalue weighted by atomic mass is 9.94. The van der Waals surface area contributed by atoms with Gasteiger partial charge in [0, 0.05) is 11.1 Å². The van der Waals surface area contributed by atoms with Crippen molar-refractivity contribution in [1.29, 1.82) is 0 Å². The van der Waals surface area contributed by atoms with Crippen LogP contribution in [0.15, 0.2) is 48.5 Å². The number of benzene rings is 2. The van der Waals surface area contributed by atoms with E-state index in [-0.39, 0.29) is 23.5 Å². The molecule has 0 aliphatic heterocycles. The second-order valence-corrected chi connectivity index (χ2v) is 4.69. The first kappa shape index (κ1) is 14.7. The Kier molecular flexibility index (Phi) is 4.35. The van der Waals surface area contributed by atoms with E-state index in [0.717, 1.165) is 0 Å². The highest BCUT2D eigenvalue weighted by Crippen LogP contribution is 2.21. The second-order valence-electron chi connectivity index (χ2n) is 4.69. The van der Waals surface area contributed by atoms with Crippen LogP contribution in [0.25, 0.3) is 0 Å². The fourth-order valence-electron chi connectivity index (χ4n) is 2.02. The molecule has 2 aromatic carbocycles. The molecule has 5 nitrogen and oxygen atoms in total. The topological polar surface area (TPSA) is 101 Å². The molecule has 0 fully saturated rings. The fourth-order valence-corrected chi connectivity index (χ4v) is 2.02. The molecule has 1 unspecified atom stereocenters. The van der Waals surface area contributed by atoms with E-state index in [2.05, 4.69) is 0 Å². The zero-order chi connectivity index (χ0) is 15.4. The maximum absolute atomic E-state index is 12.5. The highest BCUT2D eigenvalue weighted by molar-refractivity contribution is 6.10. The van der Waals surface area contributed by atoms with Crippen molar-refractivity contribution >= 4 is 11.8 Å². The predicted octanol–water partition coefficient (Wildman–Crippen LogP) is 1.58. The fraction of sp³-hybridized carbons (Fsp3) is 0.125. The quantitative estimate of drug-likeness (QED) is 0.724. The van der Waals surface area contributed by atoms with Gasteiger partial charge in [-0.15, -0.1) is 0 Å². The van der Waals surface area contributed by atoms with Crippen LogP contribution in [0.2, 0.25) is 0 Å². The zero-order valence-corrected chi connectivity index (χ0v) is 11.2. The number of phenols is 1. The number of carbonyl (C=O) groups excluding carboxylic acids is 1. The average Bonchev–Trinajstić information content (AvgIpc) is 2.49. The molecular weight excluding hydrogens is 270 g/mol. The van der Waals surface area contributed by atoms with Crippen LogP contribution < -0.4 is 5.73 Å². The highest BCUT2D eigenvalue weighted by Gasteiger charge is 2.19. The van der Waals surface area contributed by atoms with Crippen LogP contribution in [0.1, 0.15) is 21.5 Å². The van der Waals surface area contributed by atoms with Crippen molar-refractivity contribution in [3.63, 3.8) is 0 Å². The minimum Gasteiger partial charge on any atom is -0.508 e. The van der Waals surface area contributed by atoms with Crippen LogP contribution in [-0.4, -0.2) is 28.0 Å². The van der Waals surface area contributed by atoms with E-state index in [1.807, 2.05) is 0 Å². The van der Waals surface area contributed by atoms with Crippen molar-refractivity contribution in [2.75, 3.05) is 0 Å². The zero-order valence-electron chi connectivity index (χ0n) is 11.2. The Morgan fingerprint density at radius 1 is 1.10 bits per heavy atom. The van der Waals surface area contributed by atoms with Gasteiger partial charge in [-0.3, -0.25) is 9.59 Å². The number of carboxylic acids is 1. The Hall–Kier alpha value is -2.66. The van der Waals surface area contributed by atoms with Crippen molar-refractivity contribution < 1.29 is 19.8 Å². The predicted molar refractivity (Wildman–Crippen MR) is 77.3 cm³/mol. The molecule has 0 aliphatic rings. The number of nitrogens with two attached hydrogens (primary N) is 1. The van der Waals surface area contributed by atoms with Gasteiger partial charge < -0.3 is 15.9 Å². The van der Waals surface area contributed by atoms with Gasteiger partial charge in [0.1, 0.15) is 11.8 Å². The van der Waals surface area contributed by atoms with Crippen molar-refractivity contribution in [2.24, 2.45) is 5.73 Å². The standard InChI is InChI=1S/C16H15NO4/c17-14(16(20)21)8-11-6-7-12(18)9-13(11)15(19)10-4-2-1-3-5-10/h1-7,9,14,18H,8,17H2,(H,20,21). The van der Waals surface area contributed by atoms with Gasteiger partial charge >= 0.3 is 5.97 Å². The summed E-state index contributed by atoms with van der Waals surface area (Å²) in [6.45, 7) is 0. The van der Waals surface area contributed by atoms with Crippen LogP contribution >= 0.6 is 0 Å². The van der Waals surface area contributed by atoms with Gasteiger partial charge in [0.15, 0.2) is 5.78 Å². The Labute approximate surface area is 121 Å². The Bertz CT molecular complexity index is 667. The minimum absolute atomic E-state index is 0.0174. The summed E-state index contributed by atoms with van der Waals surface area (Å²) in [6.07, 6.45) is 0.0174. The number of aromatic hydroxyl groups is 1. The lowest BCUT2D eigenvalue weighted by molar-refractivity contribution is -0.138. The molecule has 0 amide bonds. The molecule has 0 spiro atoms. The number of carboxylic acid groups (broad SMARTS) is 1. The maximum atomic E-state index is 12.5. The third-order valence-corrected chi connectivity index (χ3v) is 3.13. The van der Waals surface area contributed by atoms with Crippen LogP contribution in [0.4, 0.5) is 0 Å². The number of ketones is 1. The Morgan fingerprint density at radius 3 is 2.38 bits per heavy atom. The van der Waals surface area contributed by atoms with Gasteiger partial charge in [0.25, 0.3) is 0 Å². The maximum Gasteiger partial charge on any atom is 0.320 e. The van der Waals surface area contributed by atoms with Crippen LogP contribution in [0, 0.1) is 0 Å². The lowest BCUT2D eigenvalue weighted by Gasteiger charge is -2.12. The summed E-state index contributed by atoms with van der Waals surface area (Å²) in [7, 11) is 0. The van der Waals surface area contributed by atoms with Gasteiger partial charge in [0.2, 0.25) is 0 Å². The normalized spacial score (nSPS) is 11.9. The van der Waals surface area contributed by atoms with Gasteiger partial charge in [-0.2, -0.15) is 0 Å². The van der Waals surface area contributed by atoms with Crippen molar-refractivity contribution in [2.45, 2.75) is 12.5 Å². The number of hydrogen-bond acceptors (Lipinski definition) is 4. The van der Waals surface area contributed by atoms with E-state index < -0.39 is 12.0 Å². The summed E-state index contributed by atoms with van der Waals surface area (Å²) in [5.74, 6) is -1.47. The summed E-state index contributed by atoms with van der Waals surface area (Å²) in [5, 5.41) is 18.5. The lowest BCUT2D eigenvalue weighted by Crippen LogP contribution is -2.32. The molecule has 0 saturated heterocycles. The molecule has 108 valence electrons. The monoisotopic (exact) mass is 285 g/mol. The minimum atomic E-state index is -1.14. The molecule has 5 heteroatoms. The highest BCUT2D eigenvalue weighted by atomic mass is 16.4. The molecule has 0 radical (unpaired) electrons. The first-order valence-corrected chi connectivity index (χ1v) is 6.39. The van der Waals surface area contributed by atoms with Crippen molar-refractivity contribution in [3.8, 4) is 5.75 Å². The summed E-state index contributed by atoms with van der Waals surface area (Å²) in [5.41, 5.74) is 6.75. The number of rotatable bonds is 5. The van der Waals surface area contributed by atoms with E-state index in [4.69, 9.17) is 10.8 Å². The average molecular weight is 285 g/mol. The van der Waals surface area contributed by atoms with Crippen molar-refractivity contribution in [1.82, 2.24) is 0 Å². The molecule has 0 bridgehead atoms. The smallest absolute Gasteiger partial charge is 0.320 e. The van der Waals surface area contributed by atoms with E-state index in [1.165, 1.54) is 18.2 Å². The first-order valence-electron chi connectivity index (χ1n) is 6.39. The van der Waals surface area contributed by atoms with Crippen LogP contribution in [0.3, 0.4) is 0 Å². The van der Waals surface area contributed by atoms with Gasteiger partial charge in [-0.25, -0.2) is 0 Å². The molecule has 0 aromatic heterocycles. The van der Waals surface area contributed by atoms with Crippen molar-refractivity contribution in [3.05, 3.63) is 65.2 Å². The Balaban J connectivity index is 2.40. The molecule has 1 atom stereocenters. The third kappa shape index (κ3) is 3.46. The van der Waals surface area contributed by atoms with E-state index in [9.17, 15) is 14.7 Å². The number of carbonyl (C=O) groups is 2. The van der Waals surface area contributed by atoms with Gasteiger partial charge in [-0.1, -0.05) is 36.4 Å². The number of aliphatic carboxylic acids is 1. The summed E-state index contributed by atoms with van der Waals surface area (Å²) < 4.78 is 0. The molecule has 0 saturated carbocycles. The summed E-state index contributed by atoms with van der Waals surface area (Å²) in [6, 6.07) is 11.7. The largest absolute Gasteiger partial charge is 0.508 e. The second kappa shape index (κ2) is 6.19. The molecule has 2 rings (SSSR count). The van der Waals surface area contributed by atoms with Gasteiger partial charge in [-0.05, 0) is 24.1 Å². The molecule has 0 heterocycles. The van der Waals surface area contributed by atoms with E-state index in [1.54, 1.807) is 30.3 Å².